The molecule has 0 bridgehead atoms. The van der Waals surface area contributed by atoms with Gasteiger partial charge in [-0.3, -0.25) is 4.79 Å². The highest BCUT2D eigenvalue weighted by Crippen LogP contribution is 2.11. The number of methoxy groups -OCH3 is 2. The molecule has 0 fully saturated rings. The number of nitrogens with one attached hydrogen (secondary N) is 2. The predicted molar refractivity (Wildman–Crippen MR) is 91.6 cm³/mol. The van der Waals surface area contributed by atoms with Crippen LogP contribution < -0.4 is 15.4 Å². The molecule has 128 valence electrons. The largest absolute Gasteiger partial charge is 0.497 e. The van der Waals surface area contributed by atoms with Crippen molar-refractivity contribution in [2.45, 2.75) is 19.0 Å². The molecule has 0 unspecified atom stereocenters. The second-order valence-corrected chi connectivity index (χ2v) is 5.87. The van der Waals surface area contributed by atoms with Gasteiger partial charge in [0, 0.05) is 6.54 Å². The van der Waals surface area contributed by atoms with Gasteiger partial charge in [0.25, 0.3) is 0 Å². The Kier molecular flexibility index (Phi) is 9.16. The summed E-state index contributed by atoms with van der Waals surface area (Å²) in [5, 5.41) is 5.74. The van der Waals surface area contributed by atoms with E-state index in [2.05, 4.69) is 10.6 Å². The third kappa shape index (κ3) is 7.38. The van der Waals surface area contributed by atoms with Gasteiger partial charge in [0.05, 0.1) is 20.8 Å². The van der Waals surface area contributed by atoms with Gasteiger partial charge in [-0.1, -0.05) is 12.1 Å². The molecular weight excluding hydrogens is 316 g/mol. The summed E-state index contributed by atoms with van der Waals surface area (Å²) in [6.07, 6.45) is 2.50. The molecule has 1 atom stereocenters. The van der Waals surface area contributed by atoms with E-state index in [4.69, 9.17) is 9.47 Å². The van der Waals surface area contributed by atoms with Gasteiger partial charge in [0.2, 0.25) is 5.91 Å². The Labute approximate surface area is 141 Å². The fourth-order valence-corrected chi connectivity index (χ4v) is 2.45. The van der Waals surface area contributed by atoms with E-state index < -0.39 is 12.0 Å². The number of hydrogen-bond acceptors (Lipinski definition) is 6. The van der Waals surface area contributed by atoms with Crippen LogP contribution in [0.4, 0.5) is 0 Å². The van der Waals surface area contributed by atoms with Crippen molar-refractivity contribution in [3.63, 3.8) is 0 Å². The van der Waals surface area contributed by atoms with Gasteiger partial charge in [-0.05, 0) is 36.1 Å². The SMILES string of the molecule is COC(=O)[C@H](CCSC)NC(=O)CNCc1cccc(OC)c1. The summed E-state index contributed by atoms with van der Waals surface area (Å²) in [5.74, 6) is 0.901. The third-order valence-corrected chi connectivity index (χ3v) is 3.82. The molecule has 0 aliphatic carbocycles. The van der Waals surface area contributed by atoms with Crippen molar-refractivity contribution in [1.82, 2.24) is 10.6 Å². The molecule has 1 aromatic carbocycles. The van der Waals surface area contributed by atoms with Crippen LogP contribution in [0.25, 0.3) is 0 Å². The molecule has 0 spiro atoms. The van der Waals surface area contributed by atoms with E-state index in [0.717, 1.165) is 17.1 Å². The molecule has 0 saturated heterocycles. The zero-order chi connectivity index (χ0) is 17.1. The van der Waals surface area contributed by atoms with Crippen LogP contribution in [0.3, 0.4) is 0 Å². The minimum absolute atomic E-state index is 0.129. The second kappa shape index (κ2) is 10.9. The molecule has 0 aliphatic heterocycles. The molecule has 1 amide bonds. The number of thioether (sulfide) groups is 1. The van der Waals surface area contributed by atoms with E-state index in [9.17, 15) is 9.59 Å². The summed E-state index contributed by atoms with van der Waals surface area (Å²) in [6.45, 7) is 0.669. The molecule has 0 radical (unpaired) electrons. The highest BCUT2D eigenvalue weighted by molar-refractivity contribution is 7.98. The van der Waals surface area contributed by atoms with Crippen molar-refractivity contribution < 1.29 is 19.1 Å². The summed E-state index contributed by atoms with van der Waals surface area (Å²) in [6, 6.07) is 7.01. The van der Waals surface area contributed by atoms with E-state index in [1.54, 1.807) is 18.9 Å². The lowest BCUT2D eigenvalue weighted by molar-refractivity contribution is -0.145. The summed E-state index contributed by atoms with van der Waals surface area (Å²) in [7, 11) is 2.93. The van der Waals surface area contributed by atoms with Crippen molar-refractivity contribution >= 4 is 23.6 Å². The van der Waals surface area contributed by atoms with E-state index in [0.29, 0.717) is 13.0 Å². The number of ether oxygens (including phenoxy) is 2. The third-order valence-electron chi connectivity index (χ3n) is 3.18. The number of rotatable bonds is 10. The molecule has 23 heavy (non-hydrogen) atoms. The van der Waals surface area contributed by atoms with Crippen molar-refractivity contribution in [3.8, 4) is 5.75 Å². The van der Waals surface area contributed by atoms with Crippen LogP contribution in [0.1, 0.15) is 12.0 Å². The molecule has 1 aromatic rings. The average molecular weight is 340 g/mol. The smallest absolute Gasteiger partial charge is 0.328 e. The van der Waals surface area contributed by atoms with Crippen LogP contribution in [0.5, 0.6) is 5.75 Å². The van der Waals surface area contributed by atoms with Gasteiger partial charge in [-0.25, -0.2) is 4.79 Å². The maximum absolute atomic E-state index is 11.9. The first-order valence-corrected chi connectivity index (χ1v) is 8.69. The summed E-state index contributed by atoms with van der Waals surface area (Å²) in [5.41, 5.74) is 1.02. The van der Waals surface area contributed by atoms with Gasteiger partial charge in [-0.15, -0.1) is 0 Å². The molecule has 0 aromatic heterocycles. The lowest BCUT2D eigenvalue weighted by Gasteiger charge is -2.16. The number of carbonyl (C=O) groups excluding carboxylic acids is 2. The molecule has 7 heteroatoms. The number of esters is 1. The van der Waals surface area contributed by atoms with Crippen LogP contribution >= 0.6 is 11.8 Å². The van der Waals surface area contributed by atoms with Gasteiger partial charge < -0.3 is 20.1 Å². The summed E-state index contributed by atoms with van der Waals surface area (Å²) in [4.78, 5) is 23.6. The molecule has 0 saturated carbocycles. The monoisotopic (exact) mass is 340 g/mol. The highest BCUT2D eigenvalue weighted by atomic mass is 32.2. The maximum Gasteiger partial charge on any atom is 0.328 e. The van der Waals surface area contributed by atoms with Crippen molar-refractivity contribution in [2.24, 2.45) is 0 Å². The van der Waals surface area contributed by atoms with E-state index in [-0.39, 0.29) is 12.5 Å². The number of amides is 1. The standard InChI is InChI=1S/C16H24N2O4S/c1-21-13-6-4-5-12(9-13)10-17-11-15(19)18-14(7-8-23-3)16(20)22-2/h4-6,9,14,17H,7-8,10-11H2,1-3H3,(H,18,19)/t14-/m0/s1. The first-order chi connectivity index (χ1) is 11.1. The number of carbonyl (C=O) groups is 2. The van der Waals surface area contributed by atoms with Gasteiger partial charge in [0.15, 0.2) is 0 Å². The Bertz CT molecular complexity index is 511. The zero-order valence-electron chi connectivity index (χ0n) is 13.8. The Balaban J connectivity index is 2.40. The number of hydrogen-bond donors (Lipinski definition) is 2. The predicted octanol–water partition coefficient (Wildman–Crippen LogP) is 1.20. The Morgan fingerprint density at radius 1 is 1.30 bits per heavy atom. The molecule has 0 aliphatic rings. The summed E-state index contributed by atoms with van der Waals surface area (Å²) < 4.78 is 9.86. The Morgan fingerprint density at radius 2 is 2.09 bits per heavy atom. The van der Waals surface area contributed by atoms with Gasteiger partial charge in [0.1, 0.15) is 11.8 Å². The molecule has 6 nitrogen and oxygen atoms in total. The molecule has 2 N–H and O–H groups in total. The lowest BCUT2D eigenvalue weighted by atomic mass is 10.2. The fraction of sp³-hybridized carbons (Fsp3) is 0.500. The fourth-order valence-electron chi connectivity index (χ4n) is 1.98. The molecule has 0 heterocycles. The van der Waals surface area contributed by atoms with E-state index in [1.807, 2.05) is 30.5 Å². The zero-order valence-corrected chi connectivity index (χ0v) is 14.6. The van der Waals surface area contributed by atoms with Crippen molar-refractivity contribution in [2.75, 3.05) is 32.8 Å². The molecular formula is C16H24N2O4S. The normalized spacial score (nSPS) is 11.6. The number of benzene rings is 1. The van der Waals surface area contributed by atoms with Crippen LogP contribution in [0, 0.1) is 0 Å². The molecule has 1 rings (SSSR count). The van der Waals surface area contributed by atoms with Crippen LogP contribution in [-0.4, -0.2) is 50.7 Å². The summed E-state index contributed by atoms with van der Waals surface area (Å²) >= 11 is 1.62. The minimum atomic E-state index is -0.599. The van der Waals surface area contributed by atoms with Crippen LogP contribution in [0.15, 0.2) is 24.3 Å². The van der Waals surface area contributed by atoms with Gasteiger partial charge >= 0.3 is 5.97 Å². The van der Waals surface area contributed by atoms with Crippen molar-refractivity contribution in [1.29, 1.82) is 0 Å². The lowest BCUT2D eigenvalue weighted by Crippen LogP contribution is -2.45. The first kappa shape index (κ1) is 19.3. The van der Waals surface area contributed by atoms with E-state index in [1.165, 1.54) is 7.11 Å². The first-order valence-electron chi connectivity index (χ1n) is 7.30. The maximum atomic E-state index is 11.9. The second-order valence-electron chi connectivity index (χ2n) is 4.88. The average Bonchev–Trinajstić information content (AvgIpc) is 2.58. The quantitative estimate of drug-likeness (QED) is 0.623. The highest BCUT2D eigenvalue weighted by Gasteiger charge is 2.20. The topological polar surface area (TPSA) is 76.7 Å². The van der Waals surface area contributed by atoms with Crippen LogP contribution in [0.2, 0.25) is 0 Å². The van der Waals surface area contributed by atoms with Gasteiger partial charge in [-0.2, -0.15) is 11.8 Å². The van der Waals surface area contributed by atoms with Crippen LogP contribution in [-0.2, 0) is 20.9 Å². The minimum Gasteiger partial charge on any atom is -0.497 e. The van der Waals surface area contributed by atoms with E-state index >= 15 is 0 Å². The Hall–Kier alpha value is -1.73. The van der Waals surface area contributed by atoms with Crippen molar-refractivity contribution in [3.05, 3.63) is 29.8 Å². The Morgan fingerprint density at radius 3 is 2.74 bits per heavy atom.